The Morgan fingerprint density at radius 2 is 2.03 bits per heavy atom. The van der Waals surface area contributed by atoms with E-state index in [0.717, 1.165) is 12.1 Å². The van der Waals surface area contributed by atoms with Crippen LogP contribution in [0.15, 0.2) is 47.2 Å². The van der Waals surface area contributed by atoms with Gasteiger partial charge in [0.25, 0.3) is 5.91 Å². The van der Waals surface area contributed by atoms with E-state index in [9.17, 15) is 13.4 Å². The number of hydrogen-bond donors (Lipinski definition) is 1. The highest BCUT2D eigenvalue weighted by atomic mass is 35.5. The summed E-state index contributed by atoms with van der Waals surface area (Å²) in [6.07, 6.45) is 5.88. The van der Waals surface area contributed by atoms with Gasteiger partial charge >= 0.3 is 0 Å². The van der Waals surface area contributed by atoms with Crippen LogP contribution in [0.5, 0.6) is 0 Å². The molecule has 2 aromatic heterocycles. The minimum Gasteiger partial charge on any atom is -0.342 e. The number of benzene rings is 1. The van der Waals surface area contributed by atoms with Gasteiger partial charge in [-0.15, -0.1) is 0 Å². The van der Waals surface area contributed by atoms with Gasteiger partial charge < -0.3 is 5.32 Å². The molecule has 0 spiro atoms. The monoisotopic (exact) mass is 436 g/mol. The molecule has 1 N–H and O–H groups in total. The van der Waals surface area contributed by atoms with Crippen molar-refractivity contribution in [3.8, 4) is 5.82 Å². The smallest absolute Gasteiger partial charge is 0.252 e. The largest absolute Gasteiger partial charge is 0.342 e. The summed E-state index contributed by atoms with van der Waals surface area (Å²) in [6, 6.07) is 6.36. The van der Waals surface area contributed by atoms with Crippen molar-refractivity contribution in [2.24, 2.45) is 4.36 Å². The van der Waals surface area contributed by atoms with Crippen molar-refractivity contribution in [1.29, 1.82) is 0 Å². The average molecular weight is 437 g/mol. The van der Waals surface area contributed by atoms with Crippen LogP contribution >= 0.6 is 11.6 Å². The molecule has 0 radical (unpaired) electrons. The van der Waals surface area contributed by atoms with E-state index in [0.29, 0.717) is 17.3 Å². The minimum atomic E-state index is -2.29. The molecule has 0 saturated heterocycles. The van der Waals surface area contributed by atoms with Crippen molar-refractivity contribution in [2.75, 3.05) is 12.5 Å². The number of nitrogens with one attached hydrogen (secondary N) is 1. The quantitative estimate of drug-likeness (QED) is 0.661. The zero-order valence-corrected chi connectivity index (χ0v) is 17.4. The van der Waals surface area contributed by atoms with Gasteiger partial charge in [-0.25, -0.2) is 18.6 Å². The van der Waals surface area contributed by atoms with E-state index in [2.05, 4.69) is 24.7 Å². The number of pyridine rings is 1. The first-order chi connectivity index (χ1) is 13.6. The first kappa shape index (κ1) is 20.9. The van der Waals surface area contributed by atoms with Gasteiger partial charge in [0.15, 0.2) is 11.6 Å². The highest BCUT2D eigenvalue weighted by Gasteiger charge is 2.19. The molecular formula is C18H18ClFN6O2S. The van der Waals surface area contributed by atoms with Crippen molar-refractivity contribution < 1.29 is 13.4 Å². The molecule has 0 bridgehead atoms. The van der Waals surface area contributed by atoms with Crippen LogP contribution < -0.4 is 5.32 Å². The normalized spacial score (nSPS) is 12.4. The summed E-state index contributed by atoms with van der Waals surface area (Å²) in [7, 11) is -2.29. The molecule has 152 valence electrons. The van der Waals surface area contributed by atoms with E-state index in [1.54, 1.807) is 19.1 Å². The molecule has 29 heavy (non-hydrogen) atoms. The Hall–Kier alpha value is -2.85. The summed E-state index contributed by atoms with van der Waals surface area (Å²) in [5, 5.41) is 7.01. The van der Waals surface area contributed by atoms with Gasteiger partial charge in [0.1, 0.15) is 12.1 Å². The molecule has 0 aliphatic rings. The maximum absolute atomic E-state index is 13.5. The van der Waals surface area contributed by atoms with Gasteiger partial charge in [0.2, 0.25) is 0 Å². The summed E-state index contributed by atoms with van der Waals surface area (Å²) >= 11 is 5.81. The second-order valence-electron chi connectivity index (χ2n) is 6.53. The SMILES string of the molecule is C[C@H](NC(=O)c1cc(F)cc(Cl)c1)c1ncnn1-c1ccc(N=S(C)(C)=O)cn1. The van der Waals surface area contributed by atoms with Gasteiger partial charge in [-0.3, -0.25) is 4.79 Å². The number of nitrogens with zero attached hydrogens (tertiary/aromatic N) is 5. The fourth-order valence-electron chi connectivity index (χ4n) is 2.56. The molecule has 3 rings (SSSR count). The van der Waals surface area contributed by atoms with Crippen LogP contribution in [0.1, 0.15) is 29.1 Å². The molecule has 0 saturated carbocycles. The number of carbonyl (C=O) groups excluding carboxylic acids is 1. The van der Waals surface area contributed by atoms with Gasteiger partial charge in [0.05, 0.1) is 17.9 Å². The molecular weight excluding hydrogens is 419 g/mol. The van der Waals surface area contributed by atoms with Crippen LogP contribution in [0.25, 0.3) is 5.82 Å². The zero-order chi connectivity index (χ0) is 21.2. The molecule has 11 heteroatoms. The summed E-state index contributed by atoms with van der Waals surface area (Å²) in [6.45, 7) is 1.71. The van der Waals surface area contributed by atoms with E-state index in [-0.39, 0.29) is 10.6 Å². The Morgan fingerprint density at radius 1 is 1.28 bits per heavy atom. The predicted molar refractivity (Wildman–Crippen MR) is 109 cm³/mol. The Kier molecular flexibility index (Phi) is 5.94. The van der Waals surface area contributed by atoms with Crippen LogP contribution in [0.2, 0.25) is 5.02 Å². The molecule has 0 fully saturated rings. The van der Waals surface area contributed by atoms with E-state index in [1.165, 1.54) is 35.8 Å². The summed E-state index contributed by atoms with van der Waals surface area (Å²) in [5.41, 5.74) is 0.578. The van der Waals surface area contributed by atoms with Crippen LogP contribution in [-0.2, 0) is 9.73 Å². The Bertz CT molecular complexity index is 1140. The maximum Gasteiger partial charge on any atom is 0.252 e. The first-order valence-electron chi connectivity index (χ1n) is 8.43. The molecule has 8 nitrogen and oxygen atoms in total. The van der Waals surface area contributed by atoms with E-state index in [1.807, 2.05) is 0 Å². The van der Waals surface area contributed by atoms with Crippen LogP contribution in [-0.4, -0.2) is 42.4 Å². The number of halogens is 2. The first-order valence-corrected chi connectivity index (χ1v) is 11.1. The highest BCUT2D eigenvalue weighted by molar-refractivity contribution is 7.92. The molecule has 2 heterocycles. The number of rotatable bonds is 5. The number of aromatic nitrogens is 4. The molecule has 0 unspecified atom stereocenters. The van der Waals surface area contributed by atoms with E-state index >= 15 is 0 Å². The highest BCUT2D eigenvalue weighted by Crippen LogP contribution is 2.19. The van der Waals surface area contributed by atoms with Crippen molar-refractivity contribution in [3.63, 3.8) is 0 Å². The molecule has 1 aromatic carbocycles. The standard InChI is InChI=1S/C18H18ClFN6O2S/c1-11(24-18(27)12-6-13(19)8-14(20)7-12)17-22-10-23-26(17)16-5-4-15(9-21-16)25-29(2,3)28/h4-11H,1-3H3,(H,24,27)/t11-/m0/s1. The van der Waals surface area contributed by atoms with Crippen LogP contribution in [0.4, 0.5) is 10.1 Å². The third-order valence-corrected chi connectivity index (χ3v) is 4.58. The third-order valence-electron chi connectivity index (χ3n) is 3.71. The van der Waals surface area contributed by atoms with Crippen LogP contribution in [0.3, 0.4) is 0 Å². The Morgan fingerprint density at radius 3 is 2.66 bits per heavy atom. The second kappa shape index (κ2) is 8.26. The number of carbonyl (C=O) groups is 1. The number of hydrogen-bond acceptors (Lipinski definition) is 6. The zero-order valence-electron chi connectivity index (χ0n) is 15.8. The maximum atomic E-state index is 13.5. The van der Waals surface area contributed by atoms with Gasteiger partial charge in [-0.1, -0.05) is 11.6 Å². The summed E-state index contributed by atoms with van der Waals surface area (Å²) < 4.78 is 30.8. The lowest BCUT2D eigenvalue weighted by Crippen LogP contribution is -2.29. The molecule has 1 amide bonds. The molecule has 3 aromatic rings. The topological polar surface area (TPSA) is 102 Å². The lowest BCUT2D eigenvalue weighted by Gasteiger charge is -2.14. The van der Waals surface area contributed by atoms with Crippen molar-refractivity contribution >= 4 is 32.9 Å². The van der Waals surface area contributed by atoms with Gasteiger partial charge in [0, 0.05) is 32.8 Å². The summed E-state index contributed by atoms with van der Waals surface area (Å²) in [4.78, 5) is 20.9. The molecule has 1 atom stereocenters. The molecule has 0 aliphatic carbocycles. The fraction of sp³-hybridized carbons (Fsp3) is 0.222. The van der Waals surface area contributed by atoms with Crippen molar-refractivity contribution in [3.05, 3.63) is 65.1 Å². The minimum absolute atomic E-state index is 0.0970. The third kappa shape index (κ3) is 5.36. The van der Waals surface area contributed by atoms with Crippen molar-refractivity contribution in [1.82, 2.24) is 25.1 Å². The molecule has 0 aliphatic heterocycles. The Labute approximate surface area is 172 Å². The van der Waals surface area contributed by atoms with E-state index in [4.69, 9.17) is 11.6 Å². The van der Waals surface area contributed by atoms with Crippen LogP contribution in [0, 0.1) is 5.82 Å². The Balaban J connectivity index is 1.82. The van der Waals surface area contributed by atoms with Crippen molar-refractivity contribution in [2.45, 2.75) is 13.0 Å². The fourth-order valence-corrected chi connectivity index (χ4v) is 3.40. The average Bonchev–Trinajstić information content (AvgIpc) is 3.10. The number of amides is 1. The lowest BCUT2D eigenvalue weighted by molar-refractivity contribution is 0.0937. The predicted octanol–water partition coefficient (Wildman–Crippen LogP) is 3.30. The van der Waals surface area contributed by atoms with Gasteiger partial charge in [-0.2, -0.15) is 14.1 Å². The van der Waals surface area contributed by atoms with Gasteiger partial charge in [-0.05, 0) is 37.3 Å². The summed E-state index contributed by atoms with van der Waals surface area (Å²) in [5.74, 6) is -0.231. The lowest BCUT2D eigenvalue weighted by atomic mass is 10.2. The second-order valence-corrected chi connectivity index (χ2v) is 9.51. The van der Waals surface area contributed by atoms with E-state index < -0.39 is 27.5 Å².